The molecule has 2 fully saturated rings. The van der Waals surface area contributed by atoms with Crippen molar-refractivity contribution >= 4 is 65.3 Å². The van der Waals surface area contributed by atoms with Crippen molar-refractivity contribution in [2.75, 3.05) is 7.05 Å². The summed E-state index contributed by atoms with van der Waals surface area (Å²) in [6.07, 6.45) is -5.86. The fourth-order valence-electron chi connectivity index (χ4n) is 7.92. The van der Waals surface area contributed by atoms with Crippen LogP contribution in [0.4, 0.5) is 0 Å². The molecule has 2 aromatic carbocycles. The number of nitrogens with one attached hydrogen (secondary N) is 5. The van der Waals surface area contributed by atoms with Crippen LogP contribution in [0, 0.1) is 5.92 Å². The third-order valence-corrected chi connectivity index (χ3v) is 12.4. The molecule has 0 saturated carbocycles. The Morgan fingerprint density at radius 2 is 1.62 bits per heavy atom. The summed E-state index contributed by atoms with van der Waals surface area (Å²) in [5, 5.41) is 54.8. The van der Waals surface area contributed by atoms with E-state index in [1.165, 1.54) is 51.2 Å². The van der Waals surface area contributed by atoms with E-state index in [-0.39, 0.29) is 74.3 Å². The number of rotatable bonds is 15. The molecule has 22 nitrogen and oxygen atoms in total. The molecule has 1 unspecified atom stereocenters. The molecule has 2 aliphatic rings. The van der Waals surface area contributed by atoms with Gasteiger partial charge in [-0.05, 0) is 87.3 Å². The Morgan fingerprint density at radius 1 is 0.956 bits per heavy atom. The van der Waals surface area contributed by atoms with Crippen LogP contribution in [-0.2, 0) is 60.7 Å². The Bertz CT molecular complexity index is 2180. The molecular formula is C45H61ClN8O14. The standard InChI is InChI=1S/C45H61ClN8O14/c1-6-22(2)36-45(67)68-24(4)37(52-39(61)29(48-21-55)14-17-34(47)59)42(64)49-30(13-9-25-7-11-27(57)12-8-25)40(62)50-31-15-18-35(60)54(43(31)65)38(23(3)56)44(66)53(5)32(41(63)51-36)20-26-10-16-33(58)28(46)19-26/h7-8,10-12,16,19,21-24,29-32,35-38,56-58,60H,6,9,13-15,17-18,20H2,1-5H3,(H2,47,59)(H,48,55)(H,49,64)(H,50,62)(H,51,63)(H,52,61)/t22-,23+,24+,29-,30-,31-,32?,35+,36-,37-,38-/m0/s1. The number of phenols is 2. The molecular weight excluding hydrogens is 912 g/mol. The first kappa shape index (κ1) is 54.1. The Labute approximate surface area is 397 Å². The average Bonchev–Trinajstić information content (AvgIpc) is 3.28. The van der Waals surface area contributed by atoms with Gasteiger partial charge >= 0.3 is 5.97 Å². The van der Waals surface area contributed by atoms with Crippen LogP contribution < -0.4 is 32.3 Å². The Balaban J connectivity index is 1.89. The minimum atomic E-state index is -1.84. The summed E-state index contributed by atoms with van der Waals surface area (Å²) >= 11 is 6.21. The highest BCUT2D eigenvalue weighted by molar-refractivity contribution is 6.32. The van der Waals surface area contributed by atoms with Crippen molar-refractivity contribution < 1.29 is 68.3 Å². The van der Waals surface area contributed by atoms with E-state index < -0.39 is 114 Å². The van der Waals surface area contributed by atoms with Gasteiger partial charge in [-0.25, -0.2) is 4.79 Å². The molecule has 2 saturated heterocycles. The minimum absolute atomic E-state index is 0.0392. The maximum Gasteiger partial charge on any atom is 0.329 e. The van der Waals surface area contributed by atoms with Crippen molar-refractivity contribution in [3.63, 3.8) is 0 Å². The lowest BCUT2D eigenvalue weighted by molar-refractivity contribution is -0.170. The largest absolute Gasteiger partial charge is 0.508 e. The quantitative estimate of drug-likeness (QED) is 0.0738. The second-order valence-corrected chi connectivity index (χ2v) is 17.5. The number of aryl methyl sites for hydroxylation is 1. The number of fused-ring (bicyclic) bond motifs is 2. The van der Waals surface area contributed by atoms with Gasteiger partial charge in [0.2, 0.25) is 47.8 Å². The van der Waals surface area contributed by atoms with Crippen LogP contribution in [0.2, 0.25) is 5.02 Å². The Morgan fingerprint density at radius 3 is 2.22 bits per heavy atom. The topological polar surface area (TPSA) is 336 Å². The van der Waals surface area contributed by atoms with Crippen LogP contribution in [0.15, 0.2) is 42.5 Å². The number of carbonyl (C=O) groups is 9. The van der Waals surface area contributed by atoms with Crippen molar-refractivity contribution in [1.29, 1.82) is 0 Å². The Kier molecular flexibility index (Phi) is 19.5. The second-order valence-electron chi connectivity index (χ2n) is 17.1. The van der Waals surface area contributed by atoms with E-state index >= 15 is 0 Å². The molecule has 372 valence electrons. The van der Waals surface area contributed by atoms with Crippen LogP contribution in [0.1, 0.15) is 77.3 Å². The van der Waals surface area contributed by atoms with E-state index in [4.69, 9.17) is 22.1 Å². The molecule has 2 bridgehead atoms. The molecule has 0 radical (unpaired) electrons. The smallest absolute Gasteiger partial charge is 0.329 e. The third kappa shape index (κ3) is 14.0. The molecule has 2 aliphatic heterocycles. The first-order chi connectivity index (χ1) is 32.1. The van der Waals surface area contributed by atoms with E-state index in [0.717, 1.165) is 9.80 Å². The maximum atomic E-state index is 14.6. The lowest BCUT2D eigenvalue weighted by atomic mass is 9.96. The zero-order valence-corrected chi connectivity index (χ0v) is 39.1. The summed E-state index contributed by atoms with van der Waals surface area (Å²) in [5.74, 6) is -8.89. The van der Waals surface area contributed by atoms with Gasteiger partial charge in [-0.3, -0.25) is 38.4 Å². The van der Waals surface area contributed by atoms with Crippen LogP contribution in [0.5, 0.6) is 11.5 Å². The van der Waals surface area contributed by atoms with Gasteiger partial charge in [0.1, 0.15) is 66.1 Å². The summed E-state index contributed by atoms with van der Waals surface area (Å²) in [5.41, 5.74) is 6.23. The Hall–Kier alpha value is -6.52. The molecule has 2 heterocycles. The van der Waals surface area contributed by atoms with Gasteiger partial charge in [0.15, 0.2) is 0 Å². The molecule has 0 aliphatic carbocycles. The van der Waals surface area contributed by atoms with E-state index in [1.807, 2.05) is 0 Å². The first-order valence-corrected chi connectivity index (χ1v) is 22.6. The minimum Gasteiger partial charge on any atom is -0.508 e. The van der Waals surface area contributed by atoms with Crippen molar-refractivity contribution in [3.05, 3.63) is 58.6 Å². The molecule has 11 N–H and O–H groups in total. The number of ether oxygens (including phenoxy) is 1. The number of carbonyl (C=O) groups excluding carboxylic acids is 9. The number of piperidine rings is 1. The number of esters is 1. The molecule has 68 heavy (non-hydrogen) atoms. The molecule has 11 atom stereocenters. The number of aliphatic hydroxyl groups excluding tert-OH is 2. The number of nitrogens with two attached hydrogens (primary N) is 1. The van der Waals surface area contributed by atoms with Gasteiger partial charge in [0.25, 0.3) is 0 Å². The molecule has 23 heteroatoms. The van der Waals surface area contributed by atoms with Gasteiger partial charge in [-0.15, -0.1) is 0 Å². The number of hydrogen-bond acceptors (Lipinski definition) is 14. The third-order valence-electron chi connectivity index (χ3n) is 12.1. The zero-order chi connectivity index (χ0) is 50.6. The van der Waals surface area contributed by atoms with Crippen LogP contribution in [0.25, 0.3) is 0 Å². The second kappa shape index (κ2) is 24.5. The molecule has 0 aromatic heterocycles. The van der Waals surface area contributed by atoms with E-state index in [1.54, 1.807) is 26.0 Å². The molecule has 0 spiro atoms. The van der Waals surface area contributed by atoms with Gasteiger partial charge < -0.3 is 67.3 Å². The van der Waals surface area contributed by atoms with E-state index in [9.17, 15) is 63.6 Å². The normalized spacial score (nSPS) is 25.8. The summed E-state index contributed by atoms with van der Waals surface area (Å²) in [4.78, 5) is 125. The van der Waals surface area contributed by atoms with Gasteiger partial charge in [0.05, 0.1) is 11.1 Å². The van der Waals surface area contributed by atoms with E-state index in [2.05, 4.69) is 26.6 Å². The van der Waals surface area contributed by atoms with Crippen LogP contribution in [0.3, 0.4) is 0 Å². The fourth-order valence-corrected chi connectivity index (χ4v) is 8.12. The van der Waals surface area contributed by atoms with Crippen molar-refractivity contribution in [1.82, 2.24) is 36.4 Å². The number of phenolic OH excluding ortho intramolecular Hbond substituents is 2. The summed E-state index contributed by atoms with van der Waals surface area (Å²) in [7, 11) is 1.21. The van der Waals surface area contributed by atoms with Gasteiger partial charge in [0, 0.05) is 19.9 Å². The average molecular weight is 973 g/mol. The fraction of sp³-hybridized carbons (Fsp3) is 0.533. The number of benzene rings is 2. The number of cyclic esters (lactones) is 1. The number of hydrogen-bond donors (Lipinski definition) is 10. The van der Waals surface area contributed by atoms with E-state index in [0.29, 0.717) is 11.1 Å². The lowest BCUT2D eigenvalue weighted by Crippen LogP contribution is -2.67. The number of aromatic hydroxyl groups is 2. The zero-order valence-electron chi connectivity index (χ0n) is 38.3. The van der Waals surface area contributed by atoms with Crippen molar-refractivity contribution in [2.24, 2.45) is 11.7 Å². The first-order valence-electron chi connectivity index (χ1n) is 22.2. The predicted molar refractivity (Wildman–Crippen MR) is 242 cm³/mol. The highest BCUT2D eigenvalue weighted by atomic mass is 35.5. The number of amides is 8. The SMILES string of the molecule is CC[C@H](C)[C@@H]1NC(=O)C(Cc2ccc(O)c(Cl)c2)N(C)C(=O)[C@H]([C@@H](C)O)N2C(=O)[C@H](CC[C@H]2O)NC(=O)[C@H](CCc2ccc(O)cc2)NC(=O)[C@@H](NC(=O)[C@H](CCC(N)=O)NC=O)[C@@H](C)OC1=O. The molecule has 2 aromatic rings. The lowest BCUT2D eigenvalue weighted by Gasteiger charge is -2.43. The molecule has 4 rings (SSSR count). The highest BCUT2D eigenvalue weighted by Crippen LogP contribution is 2.27. The number of likely N-dealkylation sites (N-methyl/N-ethyl adjacent to an activating group) is 1. The van der Waals surface area contributed by atoms with Crippen LogP contribution in [-0.4, -0.2) is 152 Å². The van der Waals surface area contributed by atoms with Crippen molar-refractivity contribution in [3.8, 4) is 11.5 Å². The summed E-state index contributed by atoms with van der Waals surface area (Å²) in [6.45, 7) is 5.76. The maximum absolute atomic E-state index is 14.6. The highest BCUT2D eigenvalue weighted by Gasteiger charge is 2.47. The summed E-state index contributed by atoms with van der Waals surface area (Å²) in [6, 6.07) is -1.08. The van der Waals surface area contributed by atoms with Gasteiger partial charge in [-0.2, -0.15) is 0 Å². The van der Waals surface area contributed by atoms with Gasteiger partial charge in [-0.1, -0.05) is 50.1 Å². The number of nitrogens with zero attached hydrogens (tertiary/aromatic N) is 2. The summed E-state index contributed by atoms with van der Waals surface area (Å²) < 4.78 is 5.83. The number of aliphatic hydroxyl groups is 2. The number of halogens is 1. The molecule has 8 amide bonds. The van der Waals surface area contributed by atoms with Crippen molar-refractivity contribution in [2.45, 2.75) is 140 Å². The monoisotopic (exact) mass is 972 g/mol. The van der Waals surface area contributed by atoms with Crippen LogP contribution >= 0.6 is 11.6 Å². The number of primary amides is 1. The predicted octanol–water partition coefficient (Wildman–Crippen LogP) is -1.25.